The number of nitrogens with zero attached hydrogens (tertiary/aromatic N) is 1. The normalized spacial score (nSPS) is 16.4. The van der Waals surface area contributed by atoms with Gasteiger partial charge in [-0.2, -0.15) is 0 Å². The maximum atomic E-state index is 12.6. The van der Waals surface area contributed by atoms with E-state index in [2.05, 4.69) is 15.2 Å². The van der Waals surface area contributed by atoms with Crippen LogP contribution in [0, 0.1) is 0 Å². The van der Waals surface area contributed by atoms with Crippen LogP contribution in [0.2, 0.25) is 0 Å². The van der Waals surface area contributed by atoms with Crippen molar-refractivity contribution in [2.45, 2.75) is 13.0 Å². The molecule has 1 aliphatic heterocycles. The Balaban J connectivity index is 1.73. The number of carbonyl (C=O) groups is 2. The number of benzene rings is 1. The van der Waals surface area contributed by atoms with Crippen molar-refractivity contribution >= 4 is 11.7 Å². The van der Waals surface area contributed by atoms with Crippen LogP contribution in [0.25, 0.3) is 0 Å². The molecular weight excluding hydrogens is 318 g/mol. The number of aromatic nitrogens is 1. The Kier molecular flexibility index (Phi) is 5.63. The van der Waals surface area contributed by atoms with Crippen LogP contribution < -0.4 is 5.32 Å². The van der Waals surface area contributed by atoms with Crippen LogP contribution in [0.3, 0.4) is 0 Å². The molecule has 2 aromatic rings. The zero-order chi connectivity index (χ0) is 17.6. The van der Waals surface area contributed by atoms with E-state index in [0.717, 1.165) is 25.2 Å². The molecule has 1 saturated heterocycles. The minimum Gasteiger partial charge on any atom is -0.379 e. The number of amides is 1. The first-order chi connectivity index (χ1) is 12.1. The van der Waals surface area contributed by atoms with E-state index in [9.17, 15) is 9.59 Å². The highest BCUT2D eigenvalue weighted by Gasteiger charge is 2.21. The number of ketones is 1. The SMILES string of the molecule is CC(=O)c1c[nH]c(C(=O)NC(CN2CCOCC2)c2ccccc2)c1. The predicted molar refractivity (Wildman–Crippen MR) is 94.7 cm³/mol. The molecule has 2 heterocycles. The van der Waals surface area contributed by atoms with Gasteiger partial charge in [-0.25, -0.2) is 0 Å². The number of carbonyl (C=O) groups excluding carboxylic acids is 2. The van der Waals surface area contributed by atoms with Gasteiger partial charge < -0.3 is 15.0 Å². The molecule has 1 aliphatic rings. The van der Waals surface area contributed by atoms with Crippen LogP contribution in [-0.4, -0.2) is 54.4 Å². The van der Waals surface area contributed by atoms with E-state index in [4.69, 9.17) is 4.74 Å². The van der Waals surface area contributed by atoms with E-state index in [1.165, 1.54) is 6.92 Å². The molecule has 0 bridgehead atoms. The number of hydrogen-bond donors (Lipinski definition) is 2. The number of Topliss-reactive ketones (excluding diaryl/α,β-unsaturated/α-hetero) is 1. The van der Waals surface area contributed by atoms with E-state index >= 15 is 0 Å². The summed E-state index contributed by atoms with van der Waals surface area (Å²) in [5.74, 6) is -0.280. The number of morpholine rings is 1. The summed E-state index contributed by atoms with van der Waals surface area (Å²) >= 11 is 0. The van der Waals surface area contributed by atoms with Crippen molar-refractivity contribution in [3.05, 3.63) is 59.4 Å². The number of hydrogen-bond acceptors (Lipinski definition) is 4. The minimum atomic E-state index is -0.213. The molecule has 132 valence electrons. The van der Waals surface area contributed by atoms with Crippen molar-refractivity contribution < 1.29 is 14.3 Å². The second-order valence-electron chi connectivity index (χ2n) is 6.21. The molecule has 0 spiro atoms. The van der Waals surface area contributed by atoms with Crippen LogP contribution >= 0.6 is 0 Å². The highest BCUT2D eigenvalue weighted by Crippen LogP contribution is 2.16. The van der Waals surface area contributed by atoms with Gasteiger partial charge in [0.2, 0.25) is 0 Å². The zero-order valence-corrected chi connectivity index (χ0v) is 14.3. The Morgan fingerprint density at radius 3 is 2.60 bits per heavy atom. The van der Waals surface area contributed by atoms with Crippen LogP contribution in [0.4, 0.5) is 0 Å². The average Bonchev–Trinajstić information content (AvgIpc) is 3.13. The first kappa shape index (κ1) is 17.4. The Labute approximate surface area is 147 Å². The van der Waals surface area contributed by atoms with Crippen molar-refractivity contribution in [3.8, 4) is 0 Å². The van der Waals surface area contributed by atoms with Crippen molar-refractivity contribution in [2.24, 2.45) is 0 Å². The molecule has 1 amide bonds. The van der Waals surface area contributed by atoms with E-state index in [1.807, 2.05) is 30.3 Å². The first-order valence-corrected chi connectivity index (χ1v) is 8.49. The number of H-pyrrole nitrogens is 1. The molecule has 1 unspecified atom stereocenters. The molecule has 1 atom stereocenters. The molecule has 0 saturated carbocycles. The fraction of sp³-hybridized carbons (Fsp3) is 0.368. The van der Waals surface area contributed by atoms with Crippen molar-refractivity contribution in [1.29, 1.82) is 0 Å². The lowest BCUT2D eigenvalue weighted by atomic mass is 10.1. The second kappa shape index (κ2) is 8.09. The van der Waals surface area contributed by atoms with Gasteiger partial charge in [0.1, 0.15) is 5.69 Å². The van der Waals surface area contributed by atoms with Gasteiger partial charge in [0.25, 0.3) is 5.91 Å². The van der Waals surface area contributed by atoms with Gasteiger partial charge in [0.05, 0.1) is 19.3 Å². The van der Waals surface area contributed by atoms with E-state index in [1.54, 1.807) is 12.3 Å². The highest BCUT2D eigenvalue weighted by atomic mass is 16.5. The van der Waals surface area contributed by atoms with Gasteiger partial charge in [-0.1, -0.05) is 30.3 Å². The number of aromatic amines is 1. The average molecular weight is 341 g/mol. The lowest BCUT2D eigenvalue weighted by Crippen LogP contribution is -2.43. The Bertz CT molecular complexity index is 721. The third kappa shape index (κ3) is 4.55. The Morgan fingerprint density at radius 2 is 1.96 bits per heavy atom. The highest BCUT2D eigenvalue weighted by molar-refractivity contribution is 5.99. The molecule has 6 heteroatoms. The van der Waals surface area contributed by atoms with Crippen molar-refractivity contribution in [1.82, 2.24) is 15.2 Å². The summed E-state index contributed by atoms with van der Waals surface area (Å²) in [5.41, 5.74) is 1.96. The van der Waals surface area contributed by atoms with Crippen LogP contribution in [0.5, 0.6) is 0 Å². The summed E-state index contributed by atoms with van der Waals surface area (Å²) < 4.78 is 5.40. The molecule has 2 N–H and O–H groups in total. The summed E-state index contributed by atoms with van der Waals surface area (Å²) in [4.78, 5) is 29.2. The van der Waals surface area contributed by atoms with E-state index in [0.29, 0.717) is 24.5 Å². The van der Waals surface area contributed by atoms with Crippen molar-refractivity contribution in [2.75, 3.05) is 32.8 Å². The molecule has 1 aromatic carbocycles. The molecule has 0 radical (unpaired) electrons. The fourth-order valence-electron chi connectivity index (χ4n) is 2.93. The van der Waals surface area contributed by atoms with Gasteiger partial charge in [0.15, 0.2) is 5.78 Å². The van der Waals surface area contributed by atoms with E-state index in [-0.39, 0.29) is 17.7 Å². The summed E-state index contributed by atoms with van der Waals surface area (Å²) in [5, 5.41) is 3.09. The van der Waals surface area contributed by atoms with Gasteiger partial charge in [0, 0.05) is 31.4 Å². The molecule has 6 nitrogen and oxygen atoms in total. The third-order valence-corrected chi connectivity index (χ3v) is 4.39. The lowest BCUT2D eigenvalue weighted by Gasteiger charge is -2.31. The first-order valence-electron chi connectivity index (χ1n) is 8.49. The van der Waals surface area contributed by atoms with Crippen molar-refractivity contribution in [3.63, 3.8) is 0 Å². The molecule has 3 rings (SSSR count). The summed E-state index contributed by atoms with van der Waals surface area (Å²) in [6.07, 6.45) is 1.57. The molecule has 1 fully saturated rings. The zero-order valence-electron chi connectivity index (χ0n) is 14.3. The number of nitrogens with one attached hydrogen (secondary N) is 2. The molecule has 25 heavy (non-hydrogen) atoms. The topological polar surface area (TPSA) is 74.4 Å². The van der Waals surface area contributed by atoms with Gasteiger partial charge in [-0.15, -0.1) is 0 Å². The largest absolute Gasteiger partial charge is 0.379 e. The van der Waals surface area contributed by atoms with Crippen LogP contribution in [0.1, 0.15) is 39.4 Å². The van der Waals surface area contributed by atoms with Crippen LogP contribution in [0.15, 0.2) is 42.6 Å². The lowest BCUT2D eigenvalue weighted by molar-refractivity contribution is 0.0332. The summed E-state index contributed by atoms with van der Waals surface area (Å²) in [7, 11) is 0. The Hall–Kier alpha value is -2.44. The maximum Gasteiger partial charge on any atom is 0.268 e. The van der Waals surface area contributed by atoms with E-state index < -0.39 is 0 Å². The third-order valence-electron chi connectivity index (χ3n) is 4.39. The molecule has 1 aromatic heterocycles. The quantitative estimate of drug-likeness (QED) is 0.789. The number of rotatable bonds is 6. The summed E-state index contributed by atoms with van der Waals surface area (Å²) in [6, 6.07) is 11.4. The van der Waals surface area contributed by atoms with Crippen LogP contribution in [-0.2, 0) is 4.74 Å². The second-order valence-corrected chi connectivity index (χ2v) is 6.21. The van der Waals surface area contributed by atoms with Gasteiger partial charge in [-0.3, -0.25) is 14.5 Å². The monoisotopic (exact) mass is 341 g/mol. The van der Waals surface area contributed by atoms with Gasteiger partial charge >= 0.3 is 0 Å². The molecule has 0 aliphatic carbocycles. The predicted octanol–water partition coefficient (Wildman–Crippen LogP) is 2.02. The van der Waals surface area contributed by atoms with Gasteiger partial charge in [-0.05, 0) is 18.6 Å². The maximum absolute atomic E-state index is 12.6. The minimum absolute atomic E-state index is 0.0665. The fourth-order valence-corrected chi connectivity index (χ4v) is 2.93. The standard InChI is InChI=1S/C19H23N3O3/c1-14(23)16-11-17(20-12-16)19(24)21-18(15-5-3-2-4-6-15)13-22-7-9-25-10-8-22/h2-6,11-12,18,20H,7-10,13H2,1H3,(H,21,24). The number of ether oxygens (including phenoxy) is 1. The Morgan fingerprint density at radius 1 is 1.24 bits per heavy atom. The smallest absolute Gasteiger partial charge is 0.268 e. The molecular formula is C19H23N3O3. The summed E-state index contributed by atoms with van der Waals surface area (Å²) in [6.45, 7) is 5.35.